The average Bonchev–Trinajstić information content (AvgIpc) is 2.95. The van der Waals surface area contributed by atoms with Gasteiger partial charge in [0.05, 0.1) is 11.6 Å². The van der Waals surface area contributed by atoms with E-state index in [1.165, 1.54) is 4.57 Å². The number of hydrogen-bond acceptors (Lipinski definition) is 4. The molecule has 140 valence electrons. The Bertz CT molecular complexity index is 1060. The Balaban J connectivity index is 0.00000280. The zero-order valence-electron chi connectivity index (χ0n) is 15.4. The Morgan fingerprint density at radius 3 is 2.63 bits per heavy atom. The predicted octanol–water partition coefficient (Wildman–Crippen LogP) is 3.40. The summed E-state index contributed by atoms with van der Waals surface area (Å²) in [6.45, 7) is 1.93. The molecule has 0 aliphatic rings. The van der Waals surface area contributed by atoms with Gasteiger partial charge in [0.25, 0.3) is 0 Å². The molecule has 0 unspecified atom stereocenters. The minimum absolute atomic E-state index is 0. The molecule has 0 fully saturated rings. The van der Waals surface area contributed by atoms with Crippen LogP contribution < -0.4 is 11.1 Å². The van der Waals surface area contributed by atoms with Crippen molar-refractivity contribution in [2.75, 3.05) is 0 Å². The minimum atomic E-state index is -0.535. The van der Waals surface area contributed by atoms with Crippen LogP contribution in [0.1, 0.15) is 26.8 Å². The molecule has 0 spiro atoms. The van der Waals surface area contributed by atoms with E-state index in [0.717, 1.165) is 28.6 Å². The highest BCUT2D eigenvalue weighted by Gasteiger charge is 2.12. The van der Waals surface area contributed by atoms with Gasteiger partial charge in [-0.1, -0.05) is 37.3 Å². The van der Waals surface area contributed by atoms with E-state index in [1.807, 2.05) is 43.3 Å². The predicted molar refractivity (Wildman–Crippen MR) is 105 cm³/mol. The lowest BCUT2D eigenvalue weighted by Gasteiger charge is -2.12. The topological polar surface area (TPSA) is 88.0 Å². The number of rotatable bonds is 6. The third-order valence-corrected chi connectivity index (χ3v) is 4.49. The van der Waals surface area contributed by atoms with Gasteiger partial charge in [0.1, 0.15) is 6.04 Å². The standard InChI is InChI=1S/C21H21N3O3.H2/c1-3-4-20(25)23-17(13-22)11-14-5-7-15(8-6-14)16-9-10-19-18(12-16)24(2)21(26)27-19;/h5-10,12,17H,3-4,11H2,1-2H3,(H,23,25);1H/t17-;/m0./s1. The van der Waals surface area contributed by atoms with E-state index in [-0.39, 0.29) is 13.1 Å². The van der Waals surface area contributed by atoms with E-state index in [2.05, 4.69) is 11.4 Å². The molecule has 3 aromatic rings. The molecule has 0 bridgehead atoms. The third kappa shape index (κ3) is 4.09. The van der Waals surface area contributed by atoms with Crippen LogP contribution in [0.15, 0.2) is 51.7 Å². The maximum atomic E-state index is 11.7. The molecule has 1 amide bonds. The van der Waals surface area contributed by atoms with Crippen LogP contribution in [-0.2, 0) is 18.3 Å². The van der Waals surface area contributed by atoms with Crippen molar-refractivity contribution in [1.29, 1.82) is 5.26 Å². The number of carbonyl (C=O) groups excluding carboxylic acids is 1. The van der Waals surface area contributed by atoms with Crippen LogP contribution in [0.25, 0.3) is 22.2 Å². The van der Waals surface area contributed by atoms with E-state index in [1.54, 1.807) is 13.1 Å². The largest absolute Gasteiger partial charge is 0.419 e. The van der Waals surface area contributed by atoms with Gasteiger partial charge in [-0.05, 0) is 35.2 Å². The monoisotopic (exact) mass is 365 g/mol. The summed E-state index contributed by atoms with van der Waals surface area (Å²) >= 11 is 0. The Labute approximate surface area is 158 Å². The number of nitrogens with one attached hydrogen (secondary N) is 1. The van der Waals surface area contributed by atoms with Gasteiger partial charge in [-0.3, -0.25) is 9.36 Å². The van der Waals surface area contributed by atoms with Crippen molar-refractivity contribution in [3.8, 4) is 17.2 Å². The van der Waals surface area contributed by atoms with Crippen LogP contribution >= 0.6 is 0 Å². The molecule has 0 saturated carbocycles. The van der Waals surface area contributed by atoms with E-state index in [0.29, 0.717) is 18.4 Å². The molecule has 6 nitrogen and oxygen atoms in total. The highest BCUT2D eigenvalue weighted by molar-refractivity contribution is 5.80. The fourth-order valence-electron chi connectivity index (χ4n) is 3.00. The molecular formula is C21H23N3O3. The lowest BCUT2D eigenvalue weighted by atomic mass is 10.0. The van der Waals surface area contributed by atoms with Gasteiger partial charge in [0.15, 0.2) is 5.58 Å². The summed E-state index contributed by atoms with van der Waals surface area (Å²) < 4.78 is 6.63. The number of benzene rings is 2. The second-order valence-electron chi connectivity index (χ2n) is 6.51. The number of nitriles is 1. The number of nitrogens with zero attached hydrogens (tertiary/aromatic N) is 2. The molecule has 0 aliphatic heterocycles. The van der Waals surface area contributed by atoms with Crippen molar-refractivity contribution in [1.82, 2.24) is 9.88 Å². The van der Waals surface area contributed by atoms with Crippen molar-refractivity contribution >= 4 is 17.0 Å². The van der Waals surface area contributed by atoms with Crippen molar-refractivity contribution in [2.24, 2.45) is 7.05 Å². The first-order chi connectivity index (χ1) is 13.0. The van der Waals surface area contributed by atoms with Gasteiger partial charge in [0.2, 0.25) is 5.91 Å². The molecule has 27 heavy (non-hydrogen) atoms. The molecule has 1 atom stereocenters. The van der Waals surface area contributed by atoms with Crippen molar-refractivity contribution in [2.45, 2.75) is 32.2 Å². The summed E-state index contributed by atoms with van der Waals surface area (Å²) in [4.78, 5) is 23.3. The fraction of sp³-hybridized carbons (Fsp3) is 0.286. The molecule has 1 heterocycles. The lowest BCUT2D eigenvalue weighted by molar-refractivity contribution is -0.121. The summed E-state index contributed by atoms with van der Waals surface area (Å²) in [7, 11) is 1.68. The summed E-state index contributed by atoms with van der Waals surface area (Å²) in [6, 6.07) is 15.0. The van der Waals surface area contributed by atoms with Gasteiger partial charge in [-0.2, -0.15) is 5.26 Å². The van der Waals surface area contributed by atoms with Gasteiger partial charge >= 0.3 is 5.76 Å². The number of fused-ring (bicyclic) bond motifs is 1. The van der Waals surface area contributed by atoms with Crippen LogP contribution in [0, 0.1) is 11.3 Å². The maximum Gasteiger partial charge on any atom is 0.419 e. The zero-order valence-corrected chi connectivity index (χ0v) is 15.4. The van der Waals surface area contributed by atoms with E-state index >= 15 is 0 Å². The maximum absolute atomic E-state index is 11.7. The van der Waals surface area contributed by atoms with E-state index in [9.17, 15) is 14.9 Å². The van der Waals surface area contributed by atoms with Gasteiger partial charge in [0, 0.05) is 21.3 Å². The smallest absolute Gasteiger partial charge is 0.408 e. The Kier molecular flexibility index (Phi) is 5.41. The molecule has 6 heteroatoms. The molecule has 3 rings (SSSR count). The lowest BCUT2D eigenvalue weighted by Crippen LogP contribution is -2.35. The number of oxazole rings is 1. The second-order valence-corrected chi connectivity index (χ2v) is 6.51. The number of carbonyl (C=O) groups is 1. The van der Waals surface area contributed by atoms with Gasteiger partial charge < -0.3 is 9.73 Å². The first kappa shape index (κ1) is 18.5. The van der Waals surface area contributed by atoms with Crippen molar-refractivity contribution in [3.05, 3.63) is 58.6 Å². The molecule has 0 radical (unpaired) electrons. The van der Waals surface area contributed by atoms with E-state index < -0.39 is 6.04 Å². The summed E-state index contributed by atoms with van der Waals surface area (Å²) in [5.41, 5.74) is 4.24. The molecule has 0 aliphatic carbocycles. The van der Waals surface area contributed by atoms with Crippen LogP contribution in [0.2, 0.25) is 0 Å². The fourth-order valence-corrected chi connectivity index (χ4v) is 3.00. The van der Waals surface area contributed by atoms with Crippen LogP contribution in [0.4, 0.5) is 0 Å². The van der Waals surface area contributed by atoms with Gasteiger partial charge in [-0.25, -0.2) is 4.79 Å². The quantitative estimate of drug-likeness (QED) is 0.725. The SMILES string of the molecule is CCCC(=O)N[C@H](C#N)Cc1ccc(-c2ccc3oc(=O)n(C)c3c2)cc1.[HH]. The van der Waals surface area contributed by atoms with Crippen molar-refractivity contribution in [3.63, 3.8) is 0 Å². The number of aromatic nitrogens is 1. The number of aryl methyl sites for hydroxylation is 1. The Hall–Kier alpha value is -3.33. The van der Waals surface area contributed by atoms with Crippen molar-refractivity contribution < 1.29 is 10.6 Å². The molecule has 1 N–H and O–H groups in total. The highest BCUT2D eigenvalue weighted by atomic mass is 16.4. The first-order valence-corrected chi connectivity index (χ1v) is 8.89. The Morgan fingerprint density at radius 1 is 1.26 bits per heavy atom. The Morgan fingerprint density at radius 2 is 1.96 bits per heavy atom. The second kappa shape index (κ2) is 7.92. The average molecular weight is 365 g/mol. The summed E-state index contributed by atoms with van der Waals surface area (Å²) in [6.07, 6.45) is 1.64. The van der Waals surface area contributed by atoms with Crippen LogP contribution in [-0.4, -0.2) is 16.5 Å². The number of amides is 1. The number of hydrogen-bond donors (Lipinski definition) is 1. The van der Waals surface area contributed by atoms with Crippen LogP contribution in [0.3, 0.4) is 0 Å². The molecule has 0 saturated heterocycles. The summed E-state index contributed by atoms with van der Waals surface area (Å²) in [5, 5.41) is 12.0. The zero-order chi connectivity index (χ0) is 19.4. The third-order valence-electron chi connectivity index (χ3n) is 4.49. The molecular weight excluding hydrogens is 342 g/mol. The van der Waals surface area contributed by atoms with E-state index in [4.69, 9.17) is 4.42 Å². The normalized spacial score (nSPS) is 11.9. The molecule has 1 aromatic heterocycles. The first-order valence-electron chi connectivity index (χ1n) is 8.89. The summed E-state index contributed by atoms with van der Waals surface area (Å²) in [5.74, 6) is -0.482. The highest BCUT2D eigenvalue weighted by Crippen LogP contribution is 2.24. The minimum Gasteiger partial charge on any atom is -0.408 e. The molecule has 2 aromatic carbocycles. The van der Waals surface area contributed by atoms with Crippen LogP contribution in [0.5, 0.6) is 0 Å². The van der Waals surface area contributed by atoms with Gasteiger partial charge in [-0.15, -0.1) is 0 Å².